The SMILES string of the molecule is C[C@H]1CN(c2ccccc2)CCN1S(C)(=O)=O. The molecule has 1 saturated heterocycles. The van der Waals surface area contributed by atoms with E-state index < -0.39 is 10.0 Å². The fraction of sp³-hybridized carbons (Fsp3) is 0.500. The number of hydrogen-bond acceptors (Lipinski definition) is 3. The Hall–Kier alpha value is -1.07. The Morgan fingerprint density at radius 3 is 2.35 bits per heavy atom. The molecule has 0 spiro atoms. The normalized spacial score (nSPS) is 22.7. The number of piperazine rings is 1. The highest BCUT2D eigenvalue weighted by Gasteiger charge is 2.29. The lowest BCUT2D eigenvalue weighted by Crippen LogP contribution is -2.53. The molecule has 1 aromatic rings. The number of benzene rings is 1. The molecule has 94 valence electrons. The van der Waals surface area contributed by atoms with E-state index in [0.29, 0.717) is 6.54 Å². The van der Waals surface area contributed by atoms with Crippen LogP contribution in [-0.2, 0) is 10.0 Å². The second kappa shape index (κ2) is 4.66. The molecule has 0 radical (unpaired) electrons. The summed E-state index contributed by atoms with van der Waals surface area (Å²) in [6.45, 7) is 4.02. The van der Waals surface area contributed by atoms with Gasteiger partial charge in [-0.1, -0.05) is 18.2 Å². The van der Waals surface area contributed by atoms with Gasteiger partial charge in [0.15, 0.2) is 0 Å². The van der Waals surface area contributed by atoms with Crippen LogP contribution in [0.2, 0.25) is 0 Å². The Bertz CT molecular complexity index is 473. The molecular weight excluding hydrogens is 236 g/mol. The number of anilines is 1. The van der Waals surface area contributed by atoms with Crippen LogP contribution in [0.1, 0.15) is 6.92 Å². The third-order valence-electron chi connectivity index (χ3n) is 3.11. The van der Waals surface area contributed by atoms with Crippen molar-refractivity contribution in [2.45, 2.75) is 13.0 Å². The molecule has 5 heteroatoms. The largest absolute Gasteiger partial charge is 0.369 e. The lowest BCUT2D eigenvalue weighted by molar-refractivity contribution is 0.309. The molecule has 0 N–H and O–H groups in total. The first-order valence-electron chi connectivity index (χ1n) is 5.75. The van der Waals surface area contributed by atoms with Gasteiger partial charge in [-0.2, -0.15) is 4.31 Å². The molecule has 0 aliphatic carbocycles. The molecular formula is C12H18N2O2S. The summed E-state index contributed by atoms with van der Waals surface area (Å²) in [5.74, 6) is 0. The van der Waals surface area contributed by atoms with Gasteiger partial charge in [-0.15, -0.1) is 0 Å². The van der Waals surface area contributed by atoms with E-state index >= 15 is 0 Å². The number of hydrogen-bond donors (Lipinski definition) is 0. The molecule has 1 fully saturated rings. The fourth-order valence-corrected chi connectivity index (χ4v) is 3.44. The zero-order valence-electron chi connectivity index (χ0n) is 10.2. The highest BCUT2D eigenvalue weighted by Crippen LogP contribution is 2.19. The zero-order chi connectivity index (χ0) is 12.5. The van der Waals surface area contributed by atoms with Gasteiger partial charge in [-0.25, -0.2) is 8.42 Å². The van der Waals surface area contributed by atoms with Crippen molar-refractivity contribution in [2.75, 3.05) is 30.8 Å². The summed E-state index contributed by atoms with van der Waals surface area (Å²) >= 11 is 0. The van der Waals surface area contributed by atoms with Crippen molar-refractivity contribution < 1.29 is 8.42 Å². The number of nitrogens with zero attached hydrogens (tertiary/aromatic N) is 2. The lowest BCUT2D eigenvalue weighted by Gasteiger charge is -2.39. The molecule has 0 bridgehead atoms. The van der Waals surface area contributed by atoms with Gasteiger partial charge < -0.3 is 4.90 Å². The third kappa shape index (κ3) is 2.79. The minimum absolute atomic E-state index is 0.0268. The summed E-state index contributed by atoms with van der Waals surface area (Å²) in [6.07, 6.45) is 1.28. The van der Waals surface area contributed by atoms with Crippen molar-refractivity contribution >= 4 is 15.7 Å². The molecule has 2 rings (SSSR count). The molecule has 1 heterocycles. The lowest BCUT2D eigenvalue weighted by atomic mass is 10.2. The quantitative estimate of drug-likeness (QED) is 0.795. The first-order chi connectivity index (χ1) is 7.98. The molecule has 1 atom stereocenters. The van der Waals surface area contributed by atoms with Crippen molar-refractivity contribution in [1.82, 2.24) is 4.31 Å². The molecule has 4 nitrogen and oxygen atoms in total. The summed E-state index contributed by atoms with van der Waals surface area (Å²) in [5, 5.41) is 0. The van der Waals surface area contributed by atoms with Crippen molar-refractivity contribution in [3.8, 4) is 0 Å². The minimum Gasteiger partial charge on any atom is -0.369 e. The summed E-state index contributed by atoms with van der Waals surface area (Å²) in [6, 6.07) is 10.1. The second-order valence-corrected chi connectivity index (χ2v) is 6.44. The Kier molecular flexibility index (Phi) is 3.40. The van der Waals surface area contributed by atoms with Crippen molar-refractivity contribution in [3.63, 3.8) is 0 Å². The average Bonchev–Trinajstić information content (AvgIpc) is 2.28. The van der Waals surface area contributed by atoms with Gasteiger partial charge in [0.25, 0.3) is 0 Å². The van der Waals surface area contributed by atoms with Crippen LogP contribution in [0.3, 0.4) is 0 Å². The summed E-state index contributed by atoms with van der Waals surface area (Å²) in [7, 11) is -3.07. The average molecular weight is 254 g/mol. The molecule has 17 heavy (non-hydrogen) atoms. The standard InChI is InChI=1S/C12H18N2O2S/c1-11-10-13(12-6-4-3-5-7-12)8-9-14(11)17(2,15)16/h3-7,11H,8-10H2,1-2H3/t11-/m0/s1. The van der Waals surface area contributed by atoms with Gasteiger partial charge >= 0.3 is 0 Å². The summed E-state index contributed by atoms with van der Waals surface area (Å²) < 4.78 is 24.7. The number of rotatable bonds is 2. The van der Waals surface area contributed by atoms with E-state index in [4.69, 9.17) is 0 Å². The van der Waals surface area contributed by atoms with Crippen molar-refractivity contribution in [2.24, 2.45) is 0 Å². The summed E-state index contributed by atoms with van der Waals surface area (Å²) in [5.41, 5.74) is 1.16. The van der Waals surface area contributed by atoms with Crippen LogP contribution in [0, 0.1) is 0 Å². The Morgan fingerprint density at radius 2 is 1.82 bits per heavy atom. The van der Waals surface area contributed by atoms with Crippen LogP contribution in [0.4, 0.5) is 5.69 Å². The summed E-state index contributed by atoms with van der Waals surface area (Å²) in [4.78, 5) is 2.23. The van der Waals surface area contributed by atoms with Crippen LogP contribution < -0.4 is 4.90 Å². The maximum atomic E-state index is 11.5. The van der Waals surface area contributed by atoms with E-state index in [0.717, 1.165) is 18.8 Å². The highest BCUT2D eigenvalue weighted by atomic mass is 32.2. The van der Waals surface area contributed by atoms with Gasteiger partial charge in [-0.3, -0.25) is 0 Å². The Labute approximate surface area is 103 Å². The predicted octanol–water partition coefficient (Wildman–Crippen LogP) is 1.16. The van der Waals surface area contributed by atoms with E-state index in [9.17, 15) is 8.42 Å². The van der Waals surface area contributed by atoms with E-state index in [1.807, 2.05) is 25.1 Å². The second-order valence-electron chi connectivity index (χ2n) is 4.50. The van der Waals surface area contributed by atoms with Gasteiger partial charge in [0, 0.05) is 31.4 Å². The van der Waals surface area contributed by atoms with Crippen molar-refractivity contribution in [3.05, 3.63) is 30.3 Å². The smallest absolute Gasteiger partial charge is 0.211 e. The van der Waals surface area contributed by atoms with Crippen LogP contribution in [-0.4, -0.2) is 44.7 Å². The molecule has 1 aliphatic heterocycles. The van der Waals surface area contributed by atoms with Crippen LogP contribution in [0.15, 0.2) is 30.3 Å². The minimum atomic E-state index is -3.07. The van der Waals surface area contributed by atoms with Gasteiger partial charge in [0.2, 0.25) is 10.0 Å². The van der Waals surface area contributed by atoms with E-state index in [1.54, 1.807) is 4.31 Å². The van der Waals surface area contributed by atoms with Crippen LogP contribution in [0.5, 0.6) is 0 Å². The molecule has 1 aliphatic rings. The molecule has 1 aromatic carbocycles. The van der Waals surface area contributed by atoms with Gasteiger partial charge in [-0.05, 0) is 19.1 Å². The monoisotopic (exact) mass is 254 g/mol. The number of sulfonamides is 1. The molecule has 0 unspecified atom stereocenters. The first kappa shape index (κ1) is 12.4. The molecule has 0 aromatic heterocycles. The van der Waals surface area contributed by atoms with Crippen LogP contribution >= 0.6 is 0 Å². The van der Waals surface area contributed by atoms with Gasteiger partial charge in [0.1, 0.15) is 0 Å². The van der Waals surface area contributed by atoms with Crippen molar-refractivity contribution in [1.29, 1.82) is 0 Å². The molecule has 0 saturated carbocycles. The fourth-order valence-electron chi connectivity index (χ4n) is 2.31. The van der Waals surface area contributed by atoms with E-state index in [-0.39, 0.29) is 6.04 Å². The van der Waals surface area contributed by atoms with Crippen LogP contribution in [0.25, 0.3) is 0 Å². The number of para-hydroxylation sites is 1. The maximum Gasteiger partial charge on any atom is 0.211 e. The Balaban J connectivity index is 2.10. The first-order valence-corrected chi connectivity index (χ1v) is 7.60. The molecule has 0 amide bonds. The predicted molar refractivity (Wildman–Crippen MR) is 69.7 cm³/mol. The van der Waals surface area contributed by atoms with Gasteiger partial charge in [0.05, 0.1) is 6.26 Å². The maximum absolute atomic E-state index is 11.5. The van der Waals surface area contributed by atoms with E-state index in [2.05, 4.69) is 17.0 Å². The highest BCUT2D eigenvalue weighted by molar-refractivity contribution is 7.88. The van der Waals surface area contributed by atoms with E-state index in [1.165, 1.54) is 6.26 Å². The Morgan fingerprint density at radius 1 is 1.18 bits per heavy atom. The zero-order valence-corrected chi connectivity index (χ0v) is 11.0. The topological polar surface area (TPSA) is 40.6 Å². The third-order valence-corrected chi connectivity index (χ3v) is 4.51.